The van der Waals surface area contributed by atoms with Gasteiger partial charge in [0.05, 0.1) is 0 Å². The van der Waals surface area contributed by atoms with Crippen LogP contribution in [0.15, 0.2) is 0 Å². The molecule has 54 heavy (non-hydrogen) atoms. The van der Waals surface area contributed by atoms with Gasteiger partial charge in [-0.25, -0.2) is 26.6 Å². The molecule has 0 aromatic rings. The third-order valence-corrected chi connectivity index (χ3v) is 12.3. The fourth-order valence-electron chi connectivity index (χ4n) is 3.98. The Kier molecular flexibility index (Phi) is 41.1. The van der Waals surface area contributed by atoms with Crippen molar-refractivity contribution in [3.05, 3.63) is 34.4 Å². The number of phosphoric acid groups is 3. The van der Waals surface area contributed by atoms with Crippen molar-refractivity contribution in [2.45, 2.75) is 113 Å². The van der Waals surface area contributed by atoms with Gasteiger partial charge in [0.25, 0.3) is 0 Å². The zero-order valence-corrected chi connectivity index (χ0v) is 41.5. The monoisotopic (exact) mass is 1450 g/mol. The summed E-state index contributed by atoms with van der Waals surface area (Å²) in [6.07, 6.45) is 12.7. The summed E-state index contributed by atoms with van der Waals surface area (Å²) in [5.41, 5.74) is 43.7. The molecule has 3 aliphatic rings. The van der Waals surface area contributed by atoms with E-state index in [1.165, 1.54) is 38.5 Å². The molecular formula is C21H54N6O18P6Pt3. The maximum atomic E-state index is 10.1. The molecule has 15 N–H and O–H groups in total. The van der Waals surface area contributed by atoms with E-state index in [-0.39, 0.29) is 99.4 Å². The second kappa shape index (κ2) is 32.4. The Morgan fingerprint density at radius 3 is 0.500 bits per heavy atom. The summed E-state index contributed by atoms with van der Waals surface area (Å²) in [6, 6.07) is -0.479. The van der Waals surface area contributed by atoms with Crippen molar-refractivity contribution in [2.24, 2.45) is 0 Å². The number of hydrogen-bond acceptors (Lipinski definition) is 9. The van der Waals surface area contributed by atoms with Crippen LogP contribution >= 0.6 is 46.3 Å². The van der Waals surface area contributed by atoms with Gasteiger partial charge in [-0.2, -0.15) is 36.3 Å². The summed E-state index contributed by atoms with van der Waals surface area (Å²) < 4.78 is 69.8. The van der Waals surface area contributed by atoms with Gasteiger partial charge in [0, 0.05) is 20.0 Å². The molecule has 24 nitrogen and oxygen atoms in total. The molecule has 0 radical (unpaired) electrons. The molecule has 0 heterocycles. The van der Waals surface area contributed by atoms with Gasteiger partial charge in [0.15, 0.2) is 0 Å². The van der Waals surface area contributed by atoms with Gasteiger partial charge >= 0.3 is 109 Å². The van der Waals surface area contributed by atoms with Crippen molar-refractivity contribution in [1.82, 2.24) is 0 Å². The Morgan fingerprint density at radius 1 is 0.352 bits per heavy atom. The molecule has 0 saturated heterocycles. The van der Waals surface area contributed by atoms with Crippen LogP contribution in [0, 0.1) is 0 Å². The van der Waals surface area contributed by atoms with E-state index < -0.39 is 46.3 Å². The normalized spacial score (nSPS) is 27.2. The topological polar surface area (TPSA) is 455 Å². The SMILES string of the molecule is CP(=O)(O)OP(=O)(O)O.CP(=O)(O)OP(=O)(O)O.CP(=O)(O)OP(=O)(O)O.[NH-][C@@H]1CCCC[C@@H]1[NH-].[NH-][C@@H]1CCCC[C@H]1[NH-].[NH-][C@H]1CCCC[C@@H]1[NH-].[Pt+2].[Pt+2].[Pt+2]. The predicted molar refractivity (Wildman–Crippen MR) is 191 cm³/mol. The van der Waals surface area contributed by atoms with E-state index in [9.17, 15) is 27.4 Å². The van der Waals surface area contributed by atoms with E-state index in [0.717, 1.165) is 38.5 Å². The molecule has 336 valence electrons. The average Bonchev–Trinajstić information content (AvgIpc) is 2.85. The maximum absolute atomic E-state index is 10.1. The molecule has 0 aromatic heterocycles. The molecule has 0 aromatic carbocycles. The van der Waals surface area contributed by atoms with E-state index in [1.807, 2.05) is 0 Å². The summed E-state index contributed by atoms with van der Waals surface area (Å²) in [4.78, 5) is 72.0. The van der Waals surface area contributed by atoms with Crippen LogP contribution in [0.5, 0.6) is 0 Å². The number of hydrogen-bond donors (Lipinski definition) is 9. The molecule has 3 rings (SSSR count). The van der Waals surface area contributed by atoms with Crippen LogP contribution in [0.1, 0.15) is 77.0 Å². The van der Waals surface area contributed by atoms with Gasteiger partial charge in [-0.05, 0) is 0 Å². The average molecular weight is 1450 g/mol. The molecule has 3 aliphatic carbocycles. The smallest absolute Gasteiger partial charge is 0.676 e. The first-order valence-corrected chi connectivity index (χ1v) is 25.7. The van der Waals surface area contributed by atoms with Crippen molar-refractivity contribution in [2.75, 3.05) is 20.0 Å². The molecule has 0 bridgehead atoms. The molecule has 3 saturated carbocycles. The van der Waals surface area contributed by atoms with Gasteiger partial charge < -0.3 is 78.4 Å². The van der Waals surface area contributed by atoms with Gasteiger partial charge in [-0.1, -0.05) is 77.0 Å². The Morgan fingerprint density at radius 2 is 0.463 bits per heavy atom. The van der Waals surface area contributed by atoms with Crippen molar-refractivity contribution in [1.29, 1.82) is 0 Å². The quantitative estimate of drug-likeness (QED) is 0.122. The fourth-order valence-corrected chi connectivity index (χ4v) is 8.72. The molecule has 9 atom stereocenters. The minimum atomic E-state index is -4.80. The van der Waals surface area contributed by atoms with Gasteiger partial charge in [-0.3, -0.25) is 13.7 Å². The Hall–Kier alpha value is 2.72. The largest absolute Gasteiger partial charge is 2.00 e. The second-order valence-corrected chi connectivity index (χ2v) is 21.3. The summed E-state index contributed by atoms with van der Waals surface area (Å²) in [6.45, 7) is 2.06. The van der Waals surface area contributed by atoms with Crippen molar-refractivity contribution < 1.29 is 148 Å². The number of nitrogens with one attached hydrogen (secondary N) is 6. The third-order valence-electron chi connectivity index (χ3n) is 6.07. The summed E-state index contributed by atoms with van der Waals surface area (Å²) >= 11 is 0. The van der Waals surface area contributed by atoms with Crippen molar-refractivity contribution >= 4 is 46.3 Å². The zero-order chi connectivity index (χ0) is 41.1. The van der Waals surface area contributed by atoms with Crippen LogP contribution in [0.4, 0.5) is 0 Å². The van der Waals surface area contributed by atoms with Crippen LogP contribution in [0.2, 0.25) is 0 Å². The first kappa shape index (κ1) is 68.5. The van der Waals surface area contributed by atoms with E-state index in [0.29, 0.717) is 20.0 Å². The molecule has 0 spiro atoms. The van der Waals surface area contributed by atoms with E-state index >= 15 is 0 Å². The summed E-state index contributed by atoms with van der Waals surface area (Å²) in [5.74, 6) is 0. The van der Waals surface area contributed by atoms with Gasteiger partial charge in [0.2, 0.25) is 0 Å². The first-order valence-electron chi connectivity index (χ1n) is 15.0. The van der Waals surface area contributed by atoms with Crippen LogP contribution in [-0.2, 0) is 104 Å². The van der Waals surface area contributed by atoms with Crippen LogP contribution in [-0.4, -0.2) is 100 Å². The van der Waals surface area contributed by atoms with Gasteiger partial charge in [-0.15, -0.1) is 0 Å². The molecule has 0 amide bonds. The maximum Gasteiger partial charge on any atom is 2.00 e. The zero-order valence-electron chi connectivity index (χ0n) is 29.3. The van der Waals surface area contributed by atoms with E-state index in [4.69, 9.17) is 78.4 Å². The molecular weight excluding hydrogens is 1400 g/mol. The van der Waals surface area contributed by atoms with Crippen LogP contribution in [0.3, 0.4) is 0 Å². The van der Waals surface area contributed by atoms with Crippen LogP contribution in [0.25, 0.3) is 34.4 Å². The minimum absolute atomic E-state index is 0. The van der Waals surface area contributed by atoms with E-state index in [2.05, 4.69) is 12.9 Å². The van der Waals surface area contributed by atoms with E-state index in [1.54, 1.807) is 0 Å². The predicted octanol–water partition coefficient (Wildman–Crippen LogP) is 6.93. The molecule has 3 fully saturated rings. The Bertz CT molecular complexity index is 1010. The molecule has 3 unspecified atom stereocenters. The fraction of sp³-hybridized carbons (Fsp3) is 1.00. The van der Waals surface area contributed by atoms with Crippen molar-refractivity contribution in [3.63, 3.8) is 0 Å². The third kappa shape index (κ3) is 54.7. The first-order chi connectivity index (χ1) is 22.5. The molecule has 33 heteroatoms. The standard InChI is InChI=1S/3C6H12N2.3CH6O6P2.3Pt/c3*7-5-3-1-2-4-6(5)8;3*1-8(2,3)7-9(4,5)6;;;/h3*5-8H,1-4H2;3*1H3,(H,2,3)(H2,4,5,6);;;/q3*-2;;;;3*+2/t5-,6+;2*5-,6-;;;;;;/m.10....../s1. The molecule has 0 aliphatic heterocycles. The summed E-state index contributed by atoms with van der Waals surface area (Å²) in [5, 5.41) is 0. The number of rotatable bonds is 6. The van der Waals surface area contributed by atoms with Crippen molar-refractivity contribution in [3.8, 4) is 0 Å². The Balaban J connectivity index is -0.000000127. The summed E-state index contributed by atoms with van der Waals surface area (Å²) in [7, 11) is -26.6. The Labute approximate surface area is 359 Å². The minimum Gasteiger partial charge on any atom is -0.676 e. The second-order valence-electron chi connectivity index (χ2n) is 11.6. The van der Waals surface area contributed by atoms with Gasteiger partial charge in [0.1, 0.15) is 0 Å². The van der Waals surface area contributed by atoms with Crippen LogP contribution < -0.4 is 0 Å².